The van der Waals surface area contributed by atoms with Gasteiger partial charge in [0.05, 0.1) is 29.0 Å². The molecule has 2 aromatic rings. The Hall–Kier alpha value is -2.92. The van der Waals surface area contributed by atoms with Crippen LogP contribution in [0.3, 0.4) is 0 Å². The van der Waals surface area contributed by atoms with E-state index in [0.29, 0.717) is 11.3 Å². The van der Waals surface area contributed by atoms with Crippen LogP contribution in [0.4, 0.5) is 5.69 Å². The van der Waals surface area contributed by atoms with Crippen molar-refractivity contribution in [2.24, 2.45) is 29.6 Å². The van der Waals surface area contributed by atoms with E-state index >= 15 is 0 Å². The first-order valence-corrected chi connectivity index (χ1v) is 14.1. The summed E-state index contributed by atoms with van der Waals surface area (Å²) in [6.07, 6.45) is 0.824. The first-order valence-electron chi connectivity index (χ1n) is 12.4. The number of nitrogens with zero attached hydrogens (tertiary/aromatic N) is 1. The number of likely N-dealkylation sites (tertiary alicyclic amines) is 1. The fourth-order valence-corrected chi connectivity index (χ4v) is 10.3. The number of H-pyrrole nitrogens is 1. The molecule has 37 heavy (non-hydrogen) atoms. The van der Waals surface area contributed by atoms with Crippen LogP contribution in [0.15, 0.2) is 34.1 Å². The first kappa shape index (κ1) is 24.4. The van der Waals surface area contributed by atoms with E-state index < -0.39 is 23.7 Å². The van der Waals surface area contributed by atoms with Gasteiger partial charge in [0.15, 0.2) is 0 Å². The van der Waals surface area contributed by atoms with Crippen LogP contribution in [-0.4, -0.2) is 52.0 Å². The third-order valence-corrected chi connectivity index (χ3v) is 11.3. The number of hydrogen-bond acceptors (Lipinski definition) is 8. The fourth-order valence-electron chi connectivity index (χ4n) is 7.12. The summed E-state index contributed by atoms with van der Waals surface area (Å²) in [4.78, 5) is 68.7. The predicted molar refractivity (Wildman–Crippen MR) is 137 cm³/mol. The highest BCUT2D eigenvalue weighted by Gasteiger charge is 2.70. The number of hydrogen-bond donors (Lipinski definition) is 2. The molecule has 3 fully saturated rings. The summed E-state index contributed by atoms with van der Waals surface area (Å²) in [6, 6.07) is 6.27. The zero-order chi connectivity index (χ0) is 26.2. The lowest BCUT2D eigenvalue weighted by Crippen LogP contribution is -2.48. The number of benzene rings is 1. The molecule has 11 heteroatoms. The Bertz CT molecular complexity index is 1380. The van der Waals surface area contributed by atoms with Gasteiger partial charge in [-0.1, -0.05) is 25.2 Å². The number of rotatable bonds is 5. The van der Waals surface area contributed by atoms with E-state index in [9.17, 15) is 24.0 Å². The number of thiazole rings is 1. The van der Waals surface area contributed by atoms with Crippen LogP contribution in [0, 0.1) is 29.6 Å². The van der Waals surface area contributed by atoms with Gasteiger partial charge >= 0.3 is 10.8 Å². The molecule has 2 saturated carbocycles. The Morgan fingerprint density at radius 2 is 1.78 bits per heavy atom. The van der Waals surface area contributed by atoms with Crippen LogP contribution in [0.5, 0.6) is 0 Å². The summed E-state index contributed by atoms with van der Waals surface area (Å²) in [5.74, 6) is -1.99. The topological polar surface area (TPSA) is 126 Å². The number of fused-ring (bicyclic) bond motifs is 9. The molecule has 3 amide bonds. The quantitative estimate of drug-likeness (QED) is 0.440. The minimum atomic E-state index is -0.468. The Labute approximate surface area is 221 Å². The molecular formula is C26H27N3O6S2. The van der Waals surface area contributed by atoms with Crippen molar-refractivity contribution in [2.45, 2.75) is 42.9 Å². The normalized spacial score (nSPS) is 30.6. The number of imide groups is 1. The number of ether oxygens (including phenoxy) is 1. The molecule has 1 saturated heterocycles. The Balaban J connectivity index is 1.18. The minimum Gasteiger partial charge on any atom is -0.462 e. The number of esters is 1. The summed E-state index contributed by atoms with van der Waals surface area (Å²) < 4.78 is 4.96. The third-order valence-electron chi connectivity index (χ3n) is 8.46. The van der Waals surface area contributed by atoms with E-state index in [4.69, 9.17) is 4.74 Å². The fraction of sp³-hybridized carbons (Fsp3) is 0.500. The molecular weight excluding hydrogens is 514 g/mol. The predicted octanol–water partition coefficient (Wildman–Crippen LogP) is 2.87. The minimum absolute atomic E-state index is 0.0424. The lowest BCUT2D eigenvalue weighted by atomic mass is 9.64. The van der Waals surface area contributed by atoms with E-state index in [1.807, 2.05) is 0 Å². The summed E-state index contributed by atoms with van der Waals surface area (Å²) in [7, 11) is 0. The second-order valence-corrected chi connectivity index (χ2v) is 12.9. The highest BCUT2D eigenvalue weighted by atomic mass is 32.2. The summed E-state index contributed by atoms with van der Waals surface area (Å²) in [5, 5.41) is 3.77. The summed E-state index contributed by atoms with van der Waals surface area (Å²) in [6.45, 7) is 5.94. The largest absolute Gasteiger partial charge is 0.462 e. The standard InChI is InChI=1S/C26H27N3O6S2/c1-4-35-24(33)11-5-7-12(8-6-11)27-15(30)10-29-22(31)16-13-9-14(17(16)23(29)32)19-18(13)26(2,3)20-21(36-19)28-25(34)37-20/h5-8,13-14,16-19H,4,9-10H2,1-3H3,(H,27,30)(H,28,34)/t13-,14+,16-,17+,18-,19-/m1/s1. The number of nitrogens with one attached hydrogen (secondary N) is 2. The van der Waals surface area contributed by atoms with Crippen molar-refractivity contribution in [3.05, 3.63) is 44.4 Å². The number of aromatic amines is 1. The van der Waals surface area contributed by atoms with E-state index in [-0.39, 0.29) is 58.3 Å². The van der Waals surface area contributed by atoms with Crippen molar-refractivity contribution in [1.82, 2.24) is 9.88 Å². The van der Waals surface area contributed by atoms with Gasteiger partial charge in [0.1, 0.15) is 6.54 Å². The van der Waals surface area contributed by atoms with Crippen molar-refractivity contribution in [3.63, 3.8) is 0 Å². The van der Waals surface area contributed by atoms with Gasteiger partial charge in [-0.2, -0.15) is 0 Å². The molecule has 2 aliphatic carbocycles. The Morgan fingerprint density at radius 1 is 1.11 bits per heavy atom. The molecule has 1 aromatic heterocycles. The lowest BCUT2D eigenvalue weighted by Gasteiger charge is -2.47. The van der Waals surface area contributed by atoms with Gasteiger partial charge in [-0.15, -0.1) is 11.8 Å². The number of thioether (sulfide) groups is 1. The molecule has 2 N–H and O–H groups in total. The van der Waals surface area contributed by atoms with Crippen LogP contribution >= 0.6 is 23.1 Å². The molecule has 194 valence electrons. The van der Waals surface area contributed by atoms with Gasteiger partial charge in [-0.25, -0.2) is 4.79 Å². The van der Waals surface area contributed by atoms with Crippen molar-refractivity contribution >= 4 is 52.5 Å². The molecule has 2 bridgehead atoms. The zero-order valence-electron chi connectivity index (χ0n) is 20.6. The highest BCUT2D eigenvalue weighted by Crippen LogP contribution is 2.68. The van der Waals surface area contributed by atoms with Gasteiger partial charge < -0.3 is 15.0 Å². The van der Waals surface area contributed by atoms with Crippen molar-refractivity contribution in [1.29, 1.82) is 0 Å². The van der Waals surface area contributed by atoms with E-state index in [1.165, 1.54) is 11.3 Å². The van der Waals surface area contributed by atoms with Gasteiger partial charge in [0, 0.05) is 21.2 Å². The average Bonchev–Trinajstić information content (AvgIpc) is 3.58. The summed E-state index contributed by atoms with van der Waals surface area (Å²) in [5.41, 5.74) is 0.555. The van der Waals surface area contributed by atoms with E-state index in [0.717, 1.165) is 21.2 Å². The maximum absolute atomic E-state index is 13.5. The van der Waals surface area contributed by atoms with Crippen LogP contribution in [0.25, 0.3) is 0 Å². The molecule has 0 spiro atoms. The summed E-state index contributed by atoms with van der Waals surface area (Å²) >= 11 is 2.89. The van der Waals surface area contributed by atoms with Crippen molar-refractivity contribution in [3.8, 4) is 0 Å². The number of aromatic nitrogens is 1. The van der Waals surface area contributed by atoms with Crippen LogP contribution in [0.1, 0.15) is 42.4 Å². The number of anilines is 1. The average molecular weight is 542 g/mol. The molecule has 6 atom stereocenters. The SMILES string of the molecule is CCOC(=O)c1ccc(NC(=O)CN2C(=O)[C@@H]3[C@H]4C[C@H]([C@H]5Sc6[nH]c(=O)sc6C(C)(C)[C@H]45)[C@@H]3C2=O)cc1. The van der Waals surface area contributed by atoms with Crippen molar-refractivity contribution < 1.29 is 23.9 Å². The van der Waals surface area contributed by atoms with Crippen LogP contribution < -0.4 is 10.2 Å². The second kappa shape index (κ2) is 8.56. The lowest BCUT2D eigenvalue weighted by molar-refractivity contribution is -0.143. The number of carbonyl (C=O) groups is 4. The van der Waals surface area contributed by atoms with Crippen molar-refractivity contribution in [2.75, 3.05) is 18.5 Å². The smallest absolute Gasteiger partial charge is 0.338 e. The third kappa shape index (κ3) is 3.61. The maximum atomic E-state index is 13.5. The van der Waals surface area contributed by atoms with E-state index in [1.54, 1.807) is 43.0 Å². The Kier molecular flexibility index (Phi) is 5.65. The van der Waals surface area contributed by atoms with Gasteiger partial charge in [-0.3, -0.25) is 24.1 Å². The molecule has 3 heterocycles. The molecule has 2 aliphatic heterocycles. The molecule has 0 unspecified atom stereocenters. The number of amides is 3. The number of carbonyl (C=O) groups excluding carboxylic acids is 4. The van der Waals surface area contributed by atoms with Crippen LogP contribution in [0.2, 0.25) is 0 Å². The first-order chi connectivity index (χ1) is 17.6. The molecule has 1 aromatic carbocycles. The van der Waals surface area contributed by atoms with E-state index in [2.05, 4.69) is 24.1 Å². The van der Waals surface area contributed by atoms with Crippen LogP contribution in [-0.2, 0) is 24.5 Å². The molecule has 9 nitrogen and oxygen atoms in total. The highest BCUT2D eigenvalue weighted by molar-refractivity contribution is 8.00. The van der Waals surface area contributed by atoms with Gasteiger partial charge in [0.2, 0.25) is 17.7 Å². The monoisotopic (exact) mass is 541 g/mol. The Morgan fingerprint density at radius 3 is 2.46 bits per heavy atom. The molecule has 0 radical (unpaired) electrons. The maximum Gasteiger partial charge on any atom is 0.338 e. The van der Waals surface area contributed by atoms with Gasteiger partial charge in [0.25, 0.3) is 0 Å². The molecule has 6 rings (SSSR count). The second-order valence-electron chi connectivity index (χ2n) is 10.7. The zero-order valence-corrected chi connectivity index (χ0v) is 22.2. The molecule has 4 aliphatic rings. The van der Waals surface area contributed by atoms with Gasteiger partial charge in [-0.05, 0) is 55.4 Å².